The number of hydrogen-bond donors (Lipinski definition) is 0. The number of esters is 1. The lowest BCUT2D eigenvalue weighted by Gasteiger charge is -2.20. The molecule has 1 atom stereocenters. The molecule has 0 bridgehead atoms. The van der Waals surface area contributed by atoms with Gasteiger partial charge in [0.2, 0.25) is 0 Å². The van der Waals surface area contributed by atoms with E-state index in [0.29, 0.717) is 17.9 Å². The molecule has 1 aromatic heterocycles. The SMILES string of the molecule is Cc1nc(COc2ccc(C(=O)O[C@H](C)C(=O)N3CCCC3)cc2)cs1. The van der Waals surface area contributed by atoms with E-state index in [1.165, 1.54) is 0 Å². The minimum Gasteiger partial charge on any atom is -0.487 e. The molecule has 1 aromatic carbocycles. The first kappa shape index (κ1) is 18.4. The van der Waals surface area contributed by atoms with Gasteiger partial charge in [-0.3, -0.25) is 4.79 Å². The Morgan fingerprint density at radius 1 is 1.23 bits per heavy atom. The van der Waals surface area contributed by atoms with Crippen LogP contribution < -0.4 is 4.74 Å². The quantitative estimate of drug-likeness (QED) is 0.727. The summed E-state index contributed by atoms with van der Waals surface area (Å²) in [5.41, 5.74) is 1.27. The number of likely N-dealkylation sites (tertiary alicyclic amines) is 1. The molecule has 1 fully saturated rings. The number of rotatable bonds is 6. The van der Waals surface area contributed by atoms with Crippen LogP contribution in [0.5, 0.6) is 5.75 Å². The summed E-state index contributed by atoms with van der Waals surface area (Å²) < 4.78 is 11.0. The lowest BCUT2D eigenvalue weighted by molar-refractivity contribution is -0.138. The number of aromatic nitrogens is 1. The van der Waals surface area contributed by atoms with Gasteiger partial charge in [-0.2, -0.15) is 0 Å². The number of nitrogens with zero attached hydrogens (tertiary/aromatic N) is 2. The van der Waals surface area contributed by atoms with Crippen molar-refractivity contribution < 1.29 is 19.1 Å². The van der Waals surface area contributed by atoms with Crippen LogP contribution in [0.3, 0.4) is 0 Å². The van der Waals surface area contributed by atoms with Crippen molar-refractivity contribution in [1.29, 1.82) is 0 Å². The monoisotopic (exact) mass is 374 g/mol. The summed E-state index contributed by atoms with van der Waals surface area (Å²) in [6.45, 7) is 5.43. The Hall–Kier alpha value is -2.41. The molecule has 138 valence electrons. The van der Waals surface area contributed by atoms with Gasteiger partial charge < -0.3 is 14.4 Å². The highest BCUT2D eigenvalue weighted by atomic mass is 32.1. The molecule has 3 rings (SSSR count). The van der Waals surface area contributed by atoms with Crippen LogP contribution in [0.15, 0.2) is 29.6 Å². The highest BCUT2D eigenvalue weighted by Crippen LogP contribution is 2.17. The normalized spacial score (nSPS) is 14.9. The highest BCUT2D eigenvalue weighted by Gasteiger charge is 2.26. The summed E-state index contributed by atoms with van der Waals surface area (Å²) in [6.07, 6.45) is 1.24. The predicted octanol–water partition coefficient (Wildman–Crippen LogP) is 3.20. The van der Waals surface area contributed by atoms with E-state index in [9.17, 15) is 9.59 Å². The lowest BCUT2D eigenvalue weighted by atomic mass is 10.2. The number of ether oxygens (including phenoxy) is 2. The van der Waals surface area contributed by atoms with Crippen molar-refractivity contribution in [1.82, 2.24) is 9.88 Å². The zero-order valence-corrected chi connectivity index (χ0v) is 15.8. The first-order valence-electron chi connectivity index (χ1n) is 8.66. The van der Waals surface area contributed by atoms with Crippen LogP contribution in [0, 0.1) is 6.92 Å². The van der Waals surface area contributed by atoms with Gasteiger partial charge in [0.05, 0.1) is 16.3 Å². The Labute approximate surface area is 156 Å². The van der Waals surface area contributed by atoms with Crippen LogP contribution in [-0.2, 0) is 16.1 Å². The number of benzene rings is 1. The molecule has 26 heavy (non-hydrogen) atoms. The Kier molecular flexibility index (Phi) is 5.88. The number of carbonyl (C=O) groups is 2. The summed E-state index contributed by atoms with van der Waals surface area (Å²) in [5, 5.41) is 2.96. The van der Waals surface area contributed by atoms with Crippen molar-refractivity contribution >= 4 is 23.2 Å². The zero-order chi connectivity index (χ0) is 18.5. The predicted molar refractivity (Wildman–Crippen MR) is 98.3 cm³/mol. The largest absolute Gasteiger partial charge is 0.487 e. The van der Waals surface area contributed by atoms with E-state index in [2.05, 4.69) is 4.98 Å². The van der Waals surface area contributed by atoms with Crippen molar-refractivity contribution in [3.63, 3.8) is 0 Å². The molecule has 0 aliphatic carbocycles. The third-order valence-corrected chi connectivity index (χ3v) is 5.01. The molecule has 1 amide bonds. The van der Waals surface area contributed by atoms with E-state index in [4.69, 9.17) is 9.47 Å². The molecular formula is C19H22N2O4S. The molecule has 1 saturated heterocycles. The first-order valence-corrected chi connectivity index (χ1v) is 9.54. The number of carbonyl (C=O) groups excluding carboxylic acids is 2. The maximum Gasteiger partial charge on any atom is 0.338 e. The Morgan fingerprint density at radius 2 is 1.92 bits per heavy atom. The topological polar surface area (TPSA) is 68.7 Å². The average molecular weight is 374 g/mol. The summed E-state index contributed by atoms with van der Waals surface area (Å²) in [7, 11) is 0. The van der Waals surface area contributed by atoms with Gasteiger partial charge in [0, 0.05) is 18.5 Å². The van der Waals surface area contributed by atoms with Gasteiger partial charge >= 0.3 is 5.97 Å². The molecular weight excluding hydrogens is 352 g/mol. The van der Waals surface area contributed by atoms with Gasteiger partial charge in [-0.05, 0) is 51.0 Å². The van der Waals surface area contributed by atoms with E-state index in [1.807, 2.05) is 12.3 Å². The minimum atomic E-state index is -0.774. The molecule has 7 heteroatoms. The van der Waals surface area contributed by atoms with Crippen molar-refractivity contribution in [2.24, 2.45) is 0 Å². The van der Waals surface area contributed by atoms with Gasteiger partial charge in [0.15, 0.2) is 6.10 Å². The number of amides is 1. The van der Waals surface area contributed by atoms with Gasteiger partial charge in [-0.15, -0.1) is 11.3 Å². The Morgan fingerprint density at radius 3 is 2.54 bits per heavy atom. The number of aryl methyl sites for hydroxylation is 1. The highest BCUT2D eigenvalue weighted by molar-refractivity contribution is 7.09. The number of thiazole rings is 1. The van der Waals surface area contributed by atoms with Crippen LogP contribution in [-0.4, -0.2) is 41.0 Å². The second-order valence-corrected chi connectivity index (χ2v) is 7.31. The number of hydrogen-bond acceptors (Lipinski definition) is 6. The molecule has 0 saturated carbocycles. The molecule has 1 aliphatic rings. The summed E-state index contributed by atoms with van der Waals surface area (Å²) in [4.78, 5) is 30.5. The smallest absolute Gasteiger partial charge is 0.338 e. The van der Waals surface area contributed by atoms with Crippen LogP contribution in [0.25, 0.3) is 0 Å². The minimum absolute atomic E-state index is 0.130. The fourth-order valence-electron chi connectivity index (χ4n) is 2.79. The first-order chi connectivity index (χ1) is 12.5. The fourth-order valence-corrected chi connectivity index (χ4v) is 3.39. The van der Waals surface area contributed by atoms with E-state index >= 15 is 0 Å². The summed E-state index contributed by atoms with van der Waals surface area (Å²) in [6, 6.07) is 6.69. The van der Waals surface area contributed by atoms with Crippen molar-refractivity contribution in [2.45, 2.75) is 39.4 Å². The zero-order valence-electron chi connectivity index (χ0n) is 14.9. The second-order valence-electron chi connectivity index (χ2n) is 6.25. The second kappa shape index (κ2) is 8.31. The molecule has 0 unspecified atom stereocenters. The standard InChI is InChI=1S/C19H22N2O4S/c1-13(18(22)21-9-3-4-10-21)25-19(23)15-5-7-17(8-6-15)24-11-16-12-26-14(2)20-16/h5-8,12-13H,3-4,9-11H2,1-2H3/t13-/m1/s1. The van der Waals surface area contributed by atoms with E-state index in [1.54, 1.807) is 47.4 Å². The Bertz CT molecular complexity index is 766. The Balaban J connectivity index is 1.52. The third kappa shape index (κ3) is 4.60. The maximum absolute atomic E-state index is 12.2. The molecule has 6 nitrogen and oxygen atoms in total. The molecule has 0 spiro atoms. The fraction of sp³-hybridized carbons (Fsp3) is 0.421. The van der Waals surface area contributed by atoms with Gasteiger partial charge in [0.1, 0.15) is 12.4 Å². The van der Waals surface area contributed by atoms with Crippen LogP contribution in [0.2, 0.25) is 0 Å². The van der Waals surface area contributed by atoms with Crippen molar-refractivity contribution in [3.8, 4) is 5.75 Å². The molecule has 1 aliphatic heterocycles. The average Bonchev–Trinajstić information content (AvgIpc) is 3.31. The van der Waals surface area contributed by atoms with Crippen LogP contribution in [0.4, 0.5) is 0 Å². The summed E-state index contributed by atoms with van der Waals surface area (Å²) in [5.74, 6) is 0.00878. The molecule has 2 aromatic rings. The third-order valence-electron chi connectivity index (χ3n) is 4.19. The van der Waals surface area contributed by atoms with Gasteiger partial charge in [0.25, 0.3) is 5.91 Å². The molecule has 2 heterocycles. The van der Waals surface area contributed by atoms with E-state index < -0.39 is 12.1 Å². The van der Waals surface area contributed by atoms with Crippen molar-refractivity contribution in [3.05, 3.63) is 45.9 Å². The van der Waals surface area contributed by atoms with Crippen LogP contribution >= 0.6 is 11.3 Å². The van der Waals surface area contributed by atoms with Crippen LogP contribution in [0.1, 0.15) is 40.8 Å². The lowest BCUT2D eigenvalue weighted by Crippen LogP contribution is -2.38. The molecule has 0 radical (unpaired) electrons. The summed E-state index contributed by atoms with van der Waals surface area (Å²) >= 11 is 1.58. The molecule has 0 N–H and O–H groups in total. The van der Waals surface area contributed by atoms with Gasteiger partial charge in [-0.1, -0.05) is 0 Å². The maximum atomic E-state index is 12.2. The van der Waals surface area contributed by atoms with E-state index in [0.717, 1.165) is 36.6 Å². The van der Waals surface area contributed by atoms with E-state index in [-0.39, 0.29) is 5.91 Å². The van der Waals surface area contributed by atoms with Gasteiger partial charge in [-0.25, -0.2) is 9.78 Å². The van der Waals surface area contributed by atoms with Crippen molar-refractivity contribution in [2.75, 3.05) is 13.1 Å².